The first kappa shape index (κ1) is 12.9. The molecule has 0 saturated carbocycles. The first-order chi connectivity index (χ1) is 9.65. The zero-order valence-electron chi connectivity index (χ0n) is 11.4. The van der Waals surface area contributed by atoms with Gasteiger partial charge in [0.05, 0.1) is 5.56 Å². The van der Waals surface area contributed by atoms with Crippen LogP contribution in [0, 0.1) is 0 Å². The number of hydrogen-bond donors (Lipinski definition) is 1. The number of primary amides is 1. The van der Waals surface area contributed by atoms with Crippen molar-refractivity contribution in [2.45, 2.75) is 12.5 Å². The molecule has 0 bridgehead atoms. The summed E-state index contributed by atoms with van der Waals surface area (Å²) >= 11 is 0. The number of carbonyl (C=O) groups excluding carboxylic acids is 1. The van der Waals surface area contributed by atoms with Crippen LogP contribution in [-0.4, -0.2) is 42.0 Å². The number of ether oxygens (including phenoxy) is 1. The van der Waals surface area contributed by atoms with Crippen molar-refractivity contribution in [3.63, 3.8) is 0 Å². The molecule has 1 saturated heterocycles. The minimum absolute atomic E-state index is 0.104. The van der Waals surface area contributed by atoms with Crippen molar-refractivity contribution in [3.8, 4) is 5.75 Å². The number of likely N-dealkylation sites (tertiary alicyclic amines) is 1. The molecule has 20 heavy (non-hydrogen) atoms. The van der Waals surface area contributed by atoms with E-state index in [1.165, 1.54) is 0 Å². The Bertz CT molecular complexity index is 657. The third-order valence-electron chi connectivity index (χ3n) is 3.67. The quantitative estimate of drug-likeness (QED) is 0.916. The molecule has 104 valence electrons. The minimum atomic E-state index is -0.482. The summed E-state index contributed by atoms with van der Waals surface area (Å²) in [7, 11) is 2.06. The summed E-state index contributed by atoms with van der Waals surface area (Å²) in [4.78, 5) is 18.1. The molecule has 2 N–H and O–H groups in total. The lowest BCUT2D eigenvalue weighted by molar-refractivity contribution is 0.0995. The third kappa shape index (κ3) is 2.32. The molecule has 2 aromatic rings. The largest absolute Gasteiger partial charge is 0.488 e. The van der Waals surface area contributed by atoms with Crippen LogP contribution < -0.4 is 10.5 Å². The zero-order valence-corrected chi connectivity index (χ0v) is 11.4. The van der Waals surface area contributed by atoms with Crippen molar-refractivity contribution in [1.29, 1.82) is 0 Å². The van der Waals surface area contributed by atoms with E-state index in [-0.39, 0.29) is 6.10 Å². The highest BCUT2D eigenvalue weighted by atomic mass is 16.5. The van der Waals surface area contributed by atoms with Gasteiger partial charge in [0.2, 0.25) is 0 Å². The lowest BCUT2D eigenvalue weighted by Crippen LogP contribution is -2.23. The first-order valence-corrected chi connectivity index (χ1v) is 6.67. The fraction of sp³-hybridized carbons (Fsp3) is 0.333. The van der Waals surface area contributed by atoms with Crippen LogP contribution in [0.1, 0.15) is 16.8 Å². The number of rotatable bonds is 3. The highest BCUT2D eigenvalue weighted by Crippen LogP contribution is 2.29. The second-order valence-electron chi connectivity index (χ2n) is 5.19. The SMILES string of the molecule is CN1CCC(Oc2ccc3ccncc3c2C(N)=O)C1. The molecule has 1 aliphatic heterocycles. The number of amides is 1. The van der Waals surface area contributed by atoms with E-state index in [2.05, 4.69) is 16.9 Å². The molecular weight excluding hydrogens is 254 g/mol. The number of aromatic nitrogens is 1. The van der Waals surface area contributed by atoms with Gasteiger partial charge in [-0.1, -0.05) is 6.07 Å². The summed E-state index contributed by atoms with van der Waals surface area (Å²) in [6.45, 7) is 1.87. The predicted octanol–water partition coefficient (Wildman–Crippen LogP) is 1.42. The van der Waals surface area contributed by atoms with E-state index >= 15 is 0 Å². The molecule has 1 aromatic carbocycles. The maximum absolute atomic E-state index is 11.8. The molecule has 1 aliphatic rings. The van der Waals surface area contributed by atoms with Crippen LogP contribution in [0.2, 0.25) is 0 Å². The van der Waals surface area contributed by atoms with Gasteiger partial charge in [0.25, 0.3) is 5.91 Å². The number of benzene rings is 1. The Morgan fingerprint density at radius 1 is 1.45 bits per heavy atom. The van der Waals surface area contributed by atoms with Gasteiger partial charge < -0.3 is 15.4 Å². The van der Waals surface area contributed by atoms with Crippen LogP contribution in [0.25, 0.3) is 10.8 Å². The summed E-state index contributed by atoms with van der Waals surface area (Å²) < 4.78 is 5.98. The summed E-state index contributed by atoms with van der Waals surface area (Å²) in [5.41, 5.74) is 5.95. The molecule has 1 atom stereocenters. The van der Waals surface area contributed by atoms with Crippen LogP contribution in [0.4, 0.5) is 0 Å². The number of fused-ring (bicyclic) bond motifs is 1. The average Bonchev–Trinajstić information content (AvgIpc) is 2.83. The van der Waals surface area contributed by atoms with Crippen molar-refractivity contribution in [3.05, 3.63) is 36.2 Å². The highest BCUT2D eigenvalue weighted by molar-refractivity contribution is 6.08. The van der Waals surface area contributed by atoms with Crippen molar-refractivity contribution >= 4 is 16.7 Å². The van der Waals surface area contributed by atoms with Crippen LogP contribution in [0.15, 0.2) is 30.6 Å². The van der Waals surface area contributed by atoms with Crippen molar-refractivity contribution in [1.82, 2.24) is 9.88 Å². The molecular formula is C15H17N3O2. The Morgan fingerprint density at radius 3 is 3.00 bits per heavy atom. The van der Waals surface area contributed by atoms with Gasteiger partial charge in [0, 0.05) is 30.9 Å². The van der Waals surface area contributed by atoms with E-state index in [1.807, 2.05) is 18.2 Å². The van der Waals surface area contributed by atoms with E-state index < -0.39 is 5.91 Å². The Labute approximate surface area is 117 Å². The number of pyridine rings is 1. The number of carbonyl (C=O) groups is 1. The normalized spacial score (nSPS) is 19.4. The van der Waals surface area contributed by atoms with Crippen LogP contribution in [-0.2, 0) is 0 Å². The van der Waals surface area contributed by atoms with Crippen LogP contribution >= 0.6 is 0 Å². The zero-order chi connectivity index (χ0) is 14.1. The number of hydrogen-bond acceptors (Lipinski definition) is 4. The van der Waals surface area contributed by atoms with Gasteiger partial charge in [0.15, 0.2) is 0 Å². The van der Waals surface area contributed by atoms with Gasteiger partial charge in [-0.15, -0.1) is 0 Å². The molecule has 0 radical (unpaired) electrons. The van der Waals surface area contributed by atoms with Gasteiger partial charge in [-0.05, 0) is 31.0 Å². The fourth-order valence-electron chi connectivity index (χ4n) is 2.66. The molecule has 0 aliphatic carbocycles. The summed E-state index contributed by atoms with van der Waals surface area (Å²) in [5, 5.41) is 1.67. The Hall–Kier alpha value is -2.14. The molecule has 1 fully saturated rings. The Balaban J connectivity index is 2.01. The van der Waals surface area contributed by atoms with Gasteiger partial charge in [-0.3, -0.25) is 9.78 Å². The van der Waals surface area contributed by atoms with E-state index in [9.17, 15) is 4.79 Å². The molecule has 5 nitrogen and oxygen atoms in total. The third-order valence-corrected chi connectivity index (χ3v) is 3.67. The Morgan fingerprint density at radius 2 is 2.30 bits per heavy atom. The predicted molar refractivity (Wildman–Crippen MR) is 76.8 cm³/mol. The van der Waals surface area contributed by atoms with Crippen LogP contribution in [0.5, 0.6) is 5.75 Å². The van der Waals surface area contributed by atoms with Crippen molar-refractivity contribution < 1.29 is 9.53 Å². The number of nitrogens with zero attached hydrogens (tertiary/aromatic N) is 2. The molecule has 2 heterocycles. The number of nitrogens with two attached hydrogens (primary N) is 1. The Kier molecular flexibility index (Phi) is 3.28. The van der Waals surface area contributed by atoms with E-state index in [4.69, 9.17) is 10.5 Å². The molecule has 1 amide bonds. The summed E-state index contributed by atoms with van der Waals surface area (Å²) in [6.07, 6.45) is 4.41. The molecule has 1 aromatic heterocycles. The summed E-state index contributed by atoms with van der Waals surface area (Å²) in [5.74, 6) is 0.0725. The number of likely N-dealkylation sites (N-methyl/N-ethyl adjacent to an activating group) is 1. The molecule has 5 heteroatoms. The van der Waals surface area contributed by atoms with Crippen molar-refractivity contribution in [2.24, 2.45) is 5.73 Å². The van der Waals surface area contributed by atoms with Gasteiger partial charge in [-0.2, -0.15) is 0 Å². The van der Waals surface area contributed by atoms with E-state index in [0.717, 1.165) is 30.3 Å². The smallest absolute Gasteiger partial charge is 0.253 e. The second kappa shape index (κ2) is 5.09. The van der Waals surface area contributed by atoms with Gasteiger partial charge >= 0.3 is 0 Å². The van der Waals surface area contributed by atoms with E-state index in [1.54, 1.807) is 12.4 Å². The lowest BCUT2D eigenvalue weighted by Gasteiger charge is -2.17. The first-order valence-electron chi connectivity index (χ1n) is 6.67. The fourth-order valence-corrected chi connectivity index (χ4v) is 2.66. The van der Waals surface area contributed by atoms with Gasteiger partial charge in [0.1, 0.15) is 11.9 Å². The second-order valence-corrected chi connectivity index (χ2v) is 5.19. The standard InChI is InChI=1S/C15H17N3O2/c1-18-7-5-11(9-18)20-13-3-2-10-4-6-17-8-12(10)14(13)15(16)19/h2-4,6,8,11H,5,7,9H2,1H3,(H2,16,19). The highest BCUT2D eigenvalue weighted by Gasteiger charge is 2.23. The lowest BCUT2D eigenvalue weighted by atomic mass is 10.1. The average molecular weight is 271 g/mol. The van der Waals surface area contributed by atoms with E-state index in [0.29, 0.717) is 11.3 Å². The molecule has 3 rings (SSSR count). The molecule has 0 spiro atoms. The summed E-state index contributed by atoms with van der Waals surface area (Å²) in [6, 6.07) is 5.60. The monoisotopic (exact) mass is 271 g/mol. The van der Waals surface area contributed by atoms with Crippen LogP contribution in [0.3, 0.4) is 0 Å². The van der Waals surface area contributed by atoms with Gasteiger partial charge in [-0.25, -0.2) is 0 Å². The minimum Gasteiger partial charge on any atom is -0.488 e. The maximum Gasteiger partial charge on any atom is 0.253 e. The topological polar surface area (TPSA) is 68.4 Å². The molecule has 1 unspecified atom stereocenters. The van der Waals surface area contributed by atoms with Crippen molar-refractivity contribution in [2.75, 3.05) is 20.1 Å². The maximum atomic E-state index is 11.8.